The van der Waals surface area contributed by atoms with Crippen LogP contribution in [0.15, 0.2) is 24.3 Å². The summed E-state index contributed by atoms with van der Waals surface area (Å²) in [6.45, 7) is 5.36. The van der Waals surface area contributed by atoms with Gasteiger partial charge in [-0.05, 0) is 61.7 Å². The lowest BCUT2D eigenvalue weighted by molar-refractivity contribution is -0.00153. The van der Waals surface area contributed by atoms with Gasteiger partial charge in [-0.3, -0.25) is 4.90 Å². The molecule has 3 nitrogen and oxygen atoms in total. The van der Waals surface area contributed by atoms with Crippen LogP contribution in [0.3, 0.4) is 0 Å². The van der Waals surface area contributed by atoms with E-state index in [1.807, 2.05) is 0 Å². The SMILES string of the molecule is C[C@@H]1[C@]23CCCN4CC[C@@]5(c6ccccc6N[C@]15[C@H](CO)C2)[C@@H]43. The summed E-state index contributed by atoms with van der Waals surface area (Å²) in [5, 5.41) is 14.3. The second-order valence-electron chi connectivity index (χ2n) is 8.84. The maximum atomic E-state index is 10.3. The van der Waals surface area contributed by atoms with E-state index in [0.29, 0.717) is 29.9 Å². The maximum Gasteiger partial charge on any atom is 0.0568 e. The Bertz CT molecular complexity index is 705. The molecule has 23 heavy (non-hydrogen) atoms. The molecule has 0 radical (unpaired) electrons. The van der Waals surface area contributed by atoms with Gasteiger partial charge in [0.25, 0.3) is 0 Å². The van der Waals surface area contributed by atoms with E-state index in [0.717, 1.165) is 0 Å². The molecule has 3 spiro atoms. The minimum absolute atomic E-state index is 0.0786. The van der Waals surface area contributed by atoms with E-state index >= 15 is 0 Å². The van der Waals surface area contributed by atoms with Crippen molar-refractivity contribution >= 4 is 5.69 Å². The van der Waals surface area contributed by atoms with Crippen molar-refractivity contribution < 1.29 is 5.11 Å². The first-order chi connectivity index (χ1) is 11.2. The highest BCUT2D eigenvalue weighted by atomic mass is 16.3. The van der Waals surface area contributed by atoms with Gasteiger partial charge in [-0.1, -0.05) is 25.1 Å². The van der Waals surface area contributed by atoms with Crippen molar-refractivity contribution in [3.8, 4) is 0 Å². The van der Waals surface area contributed by atoms with E-state index in [9.17, 15) is 5.11 Å². The van der Waals surface area contributed by atoms with Gasteiger partial charge in [0.1, 0.15) is 0 Å². The summed E-state index contributed by atoms with van der Waals surface area (Å²) in [5.41, 5.74) is 3.63. The van der Waals surface area contributed by atoms with Crippen molar-refractivity contribution in [3.63, 3.8) is 0 Å². The summed E-state index contributed by atoms with van der Waals surface area (Å²) in [6, 6.07) is 9.72. The molecule has 4 fully saturated rings. The zero-order chi connectivity index (χ0) is 15.4. The third-order valence-corrected chi connectivity index (χ3v) is 8.78. The van der Waals surface area contributed by atoms with E-state index in [4.69, 9.17) is 0 Å². The largest absolute Gasteiger partial charge is 0.396 e. The van der Waals surface area contributed by atoms with Crippen LogP contribution in [-0.4, -0.2) is 41.3 Å². The number of nitrogens with zero attached hydrogens (tertiary/aromatic N) is 1. The number of hydrogen-bond donors (Lipinski definition) is 2. The zero-order valence-corrected chi connectivity index (χ0v) is 13.9. The molecule has 3 heteroatoms. The highest BCUT2D eigenvalue weighted by Gasteiger charge is 2.84. The fourth-order valence-corrected chi connectivity index (χ4v) is 8.43. The van der Waals surface area contributed by atoms with Crippen molar-refractivity contribution in [1.82, 2.24) is 4.90 Å². The number of aliphatic hydroxyl groups is 1. The van der Waals surface area contributed by atoms with Crippen molar-refractivity contribution in [2.45, 2.75) is 49.6 Å². The summed E-state index contributed by atoms with van der Waals surface area (Å²) in [4.78, 5) is 2.82. The molecule has 122 valence electrons. The van der Waals surface area contributed by atoms with E-state index in [2.05, 4.69) is 41.4 Å². The maximum absolute atomic E-state index is 10.3. The molecule has 0 amide bonds. The van der Waals surface area contributed by atoms with Gasteiger partial charge in [-0.25, -0.2) is 0 Å². The highest BCUT2D eigenvalue weighted by molar-refractivity contribution is 5.70. The number of nitrogens with one attached hydrogen (secondary N) is 1. The Hall–Kier alpha value is -1.06. The van der Waals surface area contributed by atoms with Crippen LogP contribution in [0.1, 0.15) is 38.2 Å². The average molecular weight is 310 g/mol. The van der Waals surface area contributed by atoms with Gasteiger partial charge in [0.2, 0.25) is 0 Å². The molecule has 5 aliphatic rings. The van der Waals surface area contributed by atoms with Gasteiger partial charge in [-0.15, -0.1) is 0 Å². The van der Waals surface area contributed by atoms with E-state index in [1.54, 1.807) is 5.56 Å². The molecule has 6 atom stereocenters. The van der Waals surface area contributed by atoms with Gasteiger partial charge >= 0.3 is 0 Å². The van der Waals surface area contributed by atoms with Crippen LogP contribution in [0.25, 0.3) is 0 Å². The summed E-state index contributed by atoms with van der Waals surface area (Å²) in [5.74, 6) is 1.05. The van der Waals surface area contributed by atoms with Crippen molar-refractivity contribution in [2.24, 2.45) is 17.3 Å². The van der Waals surface area contributed by atoms with Gasteiger partial charge in [0, 0.05) is 29.7 Å². The third kappa shape index (κ3) is 1.07. The predicted molar refractivity (Wildman–Crippen MR) is 90.5 cm³/mol. The van der Waals surface area contributed by atoms with Crippen LogP contribution in [0, 0.1) is 17.3 Å². The number of aliphatic hydroxyl groups excluding tert-OH is 1. The number of rotatable bonds is 1. The molecule has 2 saturated carbocycles. The summed E-state index contributed by atoms with van der Waals surface area (Å²) in [7, 11) is 0. The van der Waals surface area contributed by atoms with E-state index in [-0.39, 0.29) is 11.0 Å². The first-order valence-corrected chi connectivity index (χ1v) is 9.43. The Morgan fingerprint density at radius 3 is 3.00 bits per heavy atom. The van der Waals surface area contributed by atoms with Gasteiger partial charge in [0.15, 0.2) is 0 Å². The zero-order valence-electron chi connectivity index (χ0n) is 13.9. The molecular formula is C20H26N2O. The standard InChI is InChI=1S/C20H26N2O/c1-13-18-7-4-9-22-10-8-19(17(18)22)15-5-2-3-6-16(15)21-20(13,19)14(11-18)12-23/h2-3,5-6,13-14,17,21,23H,4,7-12H2,1H3/t13-,14+,17+,18+,19-,20+/m1/s1. The van der Waals surface area contributed by atoms with Crippen molar-refractivity contribution in [3.05, 3.63) is 29.8 Å². The molecule has 3 heterocycles. The number of anilines is 1. The summed E-state index contributed by atoms with van der Waals surface area (Å²) < 4.78 is 0. The number of fused-ring (bicyclic) bond motifs is 1. The van der Waals surface area contributed by atoms with Crippen LogP contribution in [0.4, 0.5) is 5.69 Å². The normalized spacial score (nSPS) is 52.2. The smallest absolute Gasteiger partial charge is 0.0568 e. The Morgan fingerprint density at radius 2 is 2.13 bits per heavy atom. The molecule has 1 aromatic carbocycles. The predicted octanol–water partition coefficient (Wildman–Crippen LogP) is 2.61. The van der Waals surface area contributed by atoms with Crippen LogP contribution in [0.5, 0.6) is 0 Å². The molecule has 1 aromatic rings. The molecule has 3 aliphatic heterocycles. The minimum atomic E-state index is 0.0786. The average Bonchev–Trinajstić information content (AvgIpc) is 3.23. The molecular weight excluding hydrogens is 284 g/mol. The van der Waals surface area contributed by atoms with Crippen molar-refractivity contribution in [2.75, 3.05) is 25.0 Å². The molecule has 2 saturated heterocycles. The monoisotopic (exact) mass is 310 g/mol. The topological polar surface area (TPSA) is 35.5 Å². The number of hydrogen-bond acceptors (Lipinski definition) is 3. The Balaban J connectivity index is 1.69. The van der Waals surface area contributed by atoms with E-state index in [1.165, 1.54) is 44.5 Å². The molecule has 2 aliphatic carbocycles. The minimum Gasteiger partial charge on any atom is -0.396 e. The number of piperidine rings is 1. The first kappa shape index (κ1) is 13.3. The lowest BCUT2D eigenvalue weighted by Crippen LogP contribution is -2.62. The van der Waals surface area contributed by atoms with Gasteiger partial charge < -0.3 is 10.4 Å². The second-order valence-corrected chi connectivity index (χ2v) is 8.84. The van der Waals surface area contributed by atoms with Gasteiger partial charge in [0.05, 0.1) is 5.54 Å². The highest BCUT2D eigenvalue weighted by Crippen LogP contribution is 2.79. The molecule has 0 unspecified atom stereocenters. The molecule has 0 aromatic heterocycles. The van der Waals surface area contributed by atoms with Crippen LogP contribution in [-0.2, 0) is 5.41 Å². The lowest BCUT2D eigenvalue weighted by Gasteiger charge is -2.53. The summed E-state index contributed by atoms with van der Waals surface area (Å²) in [6.07, 6.45) is 5.19. The van der Waals surface area contributed by atoms with Crippen LogP contribution >= 0.6 is 0 Å². The second kappa shape index (κ2) is 3.78. The van der Waals surface area contributed by atoms with Crippen LogP contribution in [0.2, 0.25) is 0 Å². The molecule has 2 N–H and O–H groups in total. The fourth-order valence-electron chi connectivity index (χ4n) is 8.43. The first-order valence-electron chi connectivity index (χ1n) is 9.43. The molecule has 2 bridgehead atoms. The van der Waals surface area contributed by atoms with Crippen molar-refractivity contribution in [1.29, 1.82) is 0 Å². The fraction of sp³-hybridized carbons (Fsp3) is 0.700. The Labute approximate surface area is 138 Å². The summed E-state index contributed by atoms with van der Waals surface area (Å²) >= 11 is 0. The lowest BCUT2D eigenvalue weighted by atomic mass is 9.56. The number of para-hydroxylation sites is 1. The Kier molecular flexibility index (Phi) is 2.18. The Morgan fingerprint density at radius 1 is 1.26 bits per heavy atom. The number of benzene rings is 1. The van der Waals surface area contributed by atoms with E-state index < -0.39 is 0 Å². The molecule has 6 rings (SSSR count). The van der Waals surface area contributed by atoms with Gasteiger partial charge in [-0.2, -0.15) is 0 Å². The van der Waals surface area contributed by atoms with Crippen LogP contribution < -0.4 is 5.32 Å². The third-order valence-electron chi connectivity index (χ3n) is 8.78. The quantitative estimate of drug-likeness (QED) is 0.837.